The Bertz CT molecular complexity index is 1240. The van der Waals surface area contributed by atoms with Crippen LogP contribution in [0.1, 0.15) is 40.7 Å². The second-order valence-electron chi connectivity index (χ2n) is 8.06. The Hall–Kier alpha value is -4.11. The van der Waals surface area contributed by atoms with Crippen LogP contribution in [0.25, 0.3) is 11.4 Å². The van der Waals surface area contributed by atoms with E-state index in [4.69, 9.17) is 9.26 Å². The van der Waals surface area contributed by atoms with Crippen LogP contribution in [0.3, 0.4) is 0 Å². The highest BCUT2D eigenvalue weighted by Crippen LogP contribution is 2.33. The van der Waals surface area contributed by atoms with E-state index in [1.165, 1.54) is 0 Å². The summed E-state index contributed by atoms with van der Waals surface area (Å²) in [6.07, 6.45) is 7.33. The predicted octanol–water partition coefficient (Wildman–Crippen LogP) is 4.12. The van der Waals surface area contributed by atoms with Gasteiger partial charge >= 0.3 is 0 Å². The van der Waals surface area contributed by atoms with Crippen LogP contribution in [0, 0.1) is 0 Å². The molecule has 1 fully saturated rings. The maximum Gasteiger partial charge on any atom is 0.256 e. The highest BCUT2D eigenvalue weighted by molar-refractivity contribution is 6.03. The van der Waals surface area contributed by atoms with Crippen molar-refractivity contribution in [2.24, 2.45) is 0 Å². The zero-order valence-electron chi connectivity index (χ0n) is 18.7. The highest BCUT2D eigenvalue weighted by atomic mass is 16.5. The minimum absolute atomic E-state index is 0.0810. The third kappa shape index (κ3) is 4.79. The molecule has 0 unspecified atom stereocenters. The van der Waals surface area contributed by atoms with E-state index < -0.39 is 0 Å². The lowest BCUT2D eigenvalue weighted by atomic mass is 10.2. The molecule has 4 heterocycles. The molecule has 1 saturated heterocycles. The molecule has 5 rings (SSSR count). The van der Waals surface area contributed by atoms with Crippen molar-refractivity contribution in [3.05, 3.63) is 84.1 Å². The molecule has 1 aromatic carbocycles. The van der Waals surface area contributed by atoms with E-state index in [0.29, 0.717) is 34.4 Å². The lowest BCUT2D eigenvalue weighted by Gasteiger charge is -2.21. The normalized spacial score (nSPS) is 15.9. The van der Waals surface area contributed by atoms with Crippen LogP contribution >= 0.6 is 0 Å². The van der Waals surface area contributed by atoms with Crippen molar-refractivity contribution in [2.45, 2.75) is 25.4 Å². The second-order valence-corrected chi connectivity index (χ2v) is 8.06. The van der Waals surface area contributed by atoms with Gasteiger partial charge in [0, 0.05) is 36.3 Å². The molecule has 1 aliphatic rings. The number of carbonyl (C=O) groups is 1. The van der Waals surface area contributed by atoms with Gasteiger partial charge in [-0.15, -0.1) is 0 Å². The molecule has 1 N–H and O–H groups in total. The number of anilines is 1. The van der Waals surface area contributed by atoms with Gasteiger partial charge in [0.25, 0.3) is 5.91 Å². The van der Waals surface area contributed by atoms with Crippen LogP contribution in [0.5, 0.6) is 5.75 Å². The summed E-state index contributed by atoms with van der Waals surface area (Å²) in [6, 6.07) is 14.5. The minimum atomic E-state index is -0.250. The van der Waals surface area contributed by atoms with Crippen molar-refractivity contribution in [1.29, 1.82) is 0 Å². The number of hydrogen-bond acceptors (Lipinski definition) is 8. The topological polar surface area (TPSA) is 106 Å². The summed E-state index contributed by atoms with van der Waals surface area (Å²) >= 11 is 0. The van der Waals surface area contributed by atoms with E-state index in [1.54, 1.807) is 49.8 Å². The smallest absolute Gasteiger partial charge is 0.256 e. The van der Waals surface area contributed by atoms with Crippen LogP contribution in [0.4, 0.5) is 5.82 Å². The van der Waals surface area contributed by atoms with Crippen LogP contribution in [-0.2, 0) is 6.54 Å². The van der Waals surface area contributed by atoms with Crippen LogP contribution < -0.4 is 10.1 Å². The fraction of sp³-hybridized carbons (Fsp3) is 0.240. The molecule has 0 saturated carbocycles. The number of carbonyl (C=O) groups excluding carboxylic acids is 1. The van der Waals surface area contributed by atoms with Gasteiger partial charge in [0.1, 0.15) is 11.6 Å². The first-order valence-corrected chi connectivity index (χ1v) is 11.1. The van der Waals surface area contributed by atoms with Gasteiger partial charge in [0.05, 0.1) is 13.2 Å². The monoisotopic (exact) mass is 456 g/mol. The van der Waals surface area contributed by atoms with Crippen molar-refractivity contribution < 1.29 is 14.1 Å². The number of aromatic nitrogens is 4. The fourth-order valence-electron chi connectivity index (χ4n) is 4.04. The molecule has 9 nitrogen and oxygen atoms in total. The highest BCUT2D eigenvalue weighted by Gasteiger charge is 2.30. The molecule has 9 heteroatoms. The van der Waals surface area contributed by atoms with Crippen LogP contribution in [0.2, 0.25) is 0 Å². The van der Waals surface area contributed by atoms with Crippen LogP contribution in [-0.4, -0.2) is 44.6 Å². The number of methoxy groups -OCH3 is 1. The molecular formula is C25H24N6O3. The van der Waals surface area contributed by atoms with Crippen molar-refractivity contribution in [3.63, 3.8) is 0 Å². The first kappa shape index (κ1) is 21.7. The van der Waals surface area contributed by atoms with Gasteiger partial charge in [-0.2, -0.15) is 4.98 Å². The zero-order chi connectivity index (χ0) is 23.3. The van der Waals surface area contributed by atoms with Crippen molar-refractivity contribution in [2.75, 3.05) is 19.0 Å². The third-order valence-corrected chi connectivity index (χ3v) is 5.81. The molecular weight excluding hydrogens is 432 g/mol. The Kier molecular flexibility index (Phi) is 6.26. The van der Waals surface area contributed by atoms with Gasteiger partial charge in [-0.05, 0) is 67.4 Å². The standard InChI is InChI=1S/C25H24N6O3/c1-33-20-9-6-18(7-10-20)24(32)28-22-11-8-19(15-27-22)23-29-25(34-30-23)21-5-3-13-31(21)16-17-4-2-12-26-14-17/h2,4,6-12,14-15,21H,3,5,13,16H2,1H3,(H,27,28,32)/t21-/m0/s1. The molecule has 3 aromatic heterocycles. The van der Waals surface area contributed by atoms with Crippen molar-refractivity contribution >= 4 is 11.7 Å². The number of benzene rings is 1. The summed E-state index contributed by atoms with van der Waals surface area (Å²) in [5.74, 6) is 1.96. The maximum absolute atomic E-state index is 12.4. The Morgan fingerprint density at radius 1 is 1.18 bits per heavy atom. The van der Waals surface area contributed by atoms with Gasteiger partial charge in [-0.25, -0.2) is 4.98 Å². The minimum Gasteiger partial charge on any atom is -0.497 e. The summed E-state index contributed by atoms with van der Waals surface area (Å²) in [5, 5.41) is 6.95. The SMILES string of the molecule is COc1ccc(C(=O)Nc2ccc(-c3noc([C@@H]4CCCN4Cc4cccnc4)n3)cn2)cc1. The quantitative estimate of drug-likeness (QED) is 0.443. The van der Waals surface area contributed by atoms with Gasteiger partial charge in [0.15, 0.2) is 0 Å². The van der Waals surface area contributed by atoms with Crippen LogP contribution in [0.15, 0.2) is 71.6 Å². The number of rotatable bonds is 7. The molecule has 1 atom stereocenters. The summed E-state index contributed by atoms with van der Waals surface area (Å²) < 4.78 is 10.7. The first-order valence-electron chi connectivity index (χ1n) is 11.1. The van der Waals surface area contributed by atoms with Gasteiger partial charge in [-0.3, -0.25) is 14.7 Å². The molecule has 172 valence electrons. The molecule has 0 aliphatic carbocycles. The van der Waals surface area contributed by atoms with E-state index >= 15 is 0 Å². The second kappa shape index (κ2) is 9.80. The maximum atomic E-state index is 12.4. The molecule has 1 amide bonds. The number of amides is 1. The van der Waals surface area contributed by atoms with E-state index in [2.05, 4.69) is 36.4 Å². The number of likely N-dealkylation sites (tertiary alicyclic amines) is 1. The van der Waals surface area contributed by atoms with E-state index in [1.807, 2.05) is 18.3 Å². The van der Waals surface area contributed by atoms with E-state index in [9.17, 15) is 4.79 Å². The average molecular weight is 457 g/mol. The Labute approximate surface area is 196 Å². The molecule has 34 heavy (non-hydrogen) atoms. The number of pyridine rings is 2. The average Bonchev–Trinajstić information content (AvgIpc) is 3.55. The zero-order valence-corrected chi connectivity index (χ0v) is 18.7. The predicted molar refractivity (Wildman–Crippen MR) is 125 cm³/mol. The molecule has 0 bridgehead atoms. The van der Waals surface area contributed by atoms with Gasteiger partial charge < -0.3 is 14.6 Å². The summed E-state index contributed by atoms with van der Waals surface area (Å²) in [7, 11) is 1.58. The Morgan fingerprint density at radius 2 is 2.06 bits per heavy atom. The number of ether oxygens (including phenoxy) is 1. The summed E-state index contributed by atoms with van der Waals surface area (Å²) in [4.78, 5) is 28.0. The fourth-order valence-corrected chi connectivity index (χ4v) is 4.04. The summed E-state index contributed by atoms with van der Waals surface area (Å²) in [5.41, 5.74) is 2.39. The number of hydrogen-bond donors (Lipinski definition) is 1. The lowest BCUT2D eigenvalue weighted by molar-refractivity contribution is 0.102. The lowest BCUT2D eigenvalue weighted by Crippen LogP contribution is -2.23. The van der Waals surface area contributed by atoms with Crippen molar-refractivity contribution in [1.82, 2.24) is 25.0 Å². The number of nitrogens with zero attached hydrogens (tertiary/aromatic N) is 5. The van der Waals surface area contributed by atoms with E-state index in [-0.39, 0.29) is 11.9 Å². The Balaban J connectivity index is 1.24. The number of nitrogens with one attached hydrogen (secondary N) is 1. The molecule has 0 spiro atoms. The first-order chi connectivity index (χ1) is 16.7. The molecule has 4 aromatic rings. The van der Waals surface area contributed by atoms with E-state index in [0.717, 1.165) is 31.5 Å². The summed E-state index contributed by atoms with van der Waals surface area (Å²) in [6.45, 7) is 1.77. The van der Waals surface area contributed by atoms with Crippen molar-refractivity contribution in [3.8, 4) is 17.1 Å². The molecule has 1 aliphatic heterocycles. The van der Waals surface area contributed by atoms with Gasteiger partial charge in [-0.1, -0.05) is 11.2 Å². The van der Waals surface area contributed by atoms with Gasteiger partial charge in [0.2, 0.25) is 11.7 Å². The molecule has 0 radical (unpaired) electrons. The Morgan fingerprint density at radius 3 is 2.79 bits per heavy atom. The largest absolute Gasteiger partial charge is 0.497 e. The third-order valence-electron chi connectivity index (χ3n) is 5.81.